The summed E-state index contributed by atoms with van der Waals surface area (Å²) in [6.45, 7) is 2.68. The molecule has 0 radical (unpaired) electrons. The Balaban J connectivity index is 2.06. The van der Waals surface area contributed by atoms with Crippen LogP contribution in [0.2, 0.25) is 0 Å². The molecule has 0 aromatic rings. The molecule has 0 aromatic heterocycles. The van der Waals surface area contributed by atoms with Gasteiger partial charge in [-0.2, -0.15) is 0 Å². The molecular formula is C15H28O3. The van der Waals surface area contributed by atoms with E-state index in [1.54, 1.807) is 0 Å². The number of hydrogen-bond acceptors (Lipinski definition) is 3. The van der Waals surface area contributed by atoms with E-state index in [9.17, 15) is 4.79 Å². The molecule has 1 aliphatic rings. The maximum atomic E-state index is 11.5. The summed E-state index contributed by atoms with van der Waals surface area (Å²) in [5, 5.41) is 0. The van der Waals surface area contributed by atoms with Gasteiger partial charge in [0.05, 0.1) is 6.61 Å². The second-order valence-electron chi connectivity index (χ2n) is 5.24. The molecule has 0 unspecified atom stereocenters. The van der Waals surface area contributed by atoms with E-state index in [2.05, 4.69) is 6.92 Å². The van der Waals surface area contributed by atoms with E-state index in [1.165, 1.54) is 44.9 Å². The standard InChI is InChI=1S/C15H28O3/c1-2-3-4-10-13-17-15(16)18-14-11-8-6-5-7-9-12-14/h14H,2-13H2,1H3. The Morgan fingerprint density at radius 3 is 2.33 bits per heavy atom. The Morgan fingerprint density at radius 2 is 1.67 bits per heavy atom. The molecule has 0 saturated heterocycles. The monoisotopic (exact) mass is 256 g/mol. The second-order valence-corrected chi connectivity index (χ2v) is 5.24. The number of hydrogen-bond donors (Lipinski definition) is 0. The Morgan fingerprint density at radius 1 is 1.00 bits per heavy atom. The van der Waals surface area contributed by atoms with Gasteiger partial charge in [0.1, 0.15) is 6.10 Å². The van der Waals surface area contributed by atoms with E-state index < -0.39 is 6.16 Å². The van der Waals surface area contributed by atoms with Gasteiger partial charge in [0.25, 0.3) is 0 Å². The van der Waals surface area contributed by atoms with Crippen LogP contribution in [0.25, 0.3) is 0 Å². The van der Waals surface area contributed by atoms with E-state index >= 15 is 0 Å². The van der Waals surface area contributed by atoms with Crippen LogP contribution in [-0.4, -0.2) is 18.9 Å². The van der Waals surface area contributed by atoms with E-state index in [-0.39, 0.29) is 6.10 Å². The van der Waals surface area contributed by atoms with Crippen molar-refractivity contribution >= 4 is 6.16 Å². The molecule has 18 heavy (non-hydrogen) atoms. The minimum atomic E-state index is -0.461. The fourth-order valence-corrected chi connectivity index (χ4v) is 2.39. The fourth-order valence-electron chi connectivity index (χ4n) is 2.39. The van der Waals surface area contributed by atoms with Crippen LogP contribution in [0.15, 0.2) is 0 Å². The lowest BCUT2D eigenvalue weighted by atomic mass is 9.99. The fraction of sp³-hybridized carbons (Fsp3) is 0.933. The van der Waals surface area contributed by atoms with Crippen LogP contribution in [0.4, 0.5) is 4.79 Å². The third kappa shape index (κ3) is 7.57. The normalized spacial score (nSPS) is 17.8. The molecule has 1 saturated carbocycles. The van der Waals surface area contributed by atoms with Gasteiger partial charge in [0.15, 0.2) is 0 Å². The number of carbonyl (C=O) groups excluding carboxylic acids is 1. The summed E-state index contributed by atoms with van der Waals surface area (Å²) in [6.07, 6.45) is 12.4. The molecule has 0 N–H and O–H groups in total. The molecule has 1 rings (SSSR count). The summed E-state index contributed by atoms with van der Waals surface area (Å²) in [7, 11) is 0. The topological polar surface area (TPSA) is 35.5 Å². The molecule has 0 aliphatic heterocycles. The van der Waals surface area contributed by atoms with Gasteiger partial charge < -0.3 is 9.47 Å². The van der Waals surface area contributed by atoms with Gasteiger partial charge in [0.2, 0.25) is 0 Å². The summed E-state index contributed by atoms with van der Waals surface area (Å²) >= 11 is 0. The first kappa shape index (κ1) is 15.3. The number of carbonyl (C=O) groups is 1. The summed E-state index contributed by atoms with van der Waals surface area (Å²) in [6, 6.07) is 0. The van der Waals surface area contributed by atoms with Crippen LogP contribution in [0.1, 0.15) is 77.6 Å². The summed E-state index contributed by atoms with van der Waals surface area (Å²) < 4.78 is 10.5. The van der Waals surface area contributed by atoms with E-state index in [4.69, 9.17) is 9.47 Å². The number of rotatable bonds is 6. The largest absolute Gasteiger partial charge is 0.508 e. The van der Waals surface area contributed by atoms with E-state index in [0.29, 0.717) is 6.61 Å². The van der Waals surface area contributed by atoms with Gasteiger partial charge in [-0.1, -0.05) is 45.4 Å². The lowest BCUT2D eigenvalue weighted by Crippen LogP contribution is -2.20. The van der Waals surface area contributed by atoms with E-state index in [0.717, 1.165) is 25.7 Å². The maximum absolute atomic E-state index is 11.5. The smallest absolute Gasteiger partial charge is 0.434 e. The molecule has 0 bridgehead atoms. The van der Waals surface area contributed by atoms with Gasteiger partial charge in [-0.25, -0.2) is 4.79 Å². The van der Waals surface area contributed by atoms with Crippen LogP contribution in [0.5, 0.6) is 0 Å². The first-order chi connectivity index (χ1) is 8.83. The highest BCUT2D eigenvalue weighted by Gasteiger charge is 2.16. The molecule has 106 valence electrons. The Hall–Kier alpha value is -0.730. The zero-order valence-corrected chi connectivity index (χ0v) is 11.8. The highest BCUT2D eigenvalue weighted by Crippen LogP contribution is 2.19. The molecular weight excluding hydrogens is 228 g/mol. The zero-order valence-electron chi connectivity index (χ0n) is 11.8. The zero-order chi connectivity index (χ0) is 13.1. The van der Waals surface area contributed by atoms with Crippen molar-refractivity contribution in [3.63, 3.8) is 0 Å². The molecule has 1 aliphatic carbocycles. The molecule has 0 heterocycles. The number of unbranched alkanes of at least 4 members (excludes halogenated alkanes) is 3. The van der Waals surface area contributed by atoms with Gasteiger partial charge in [-0.3, -0.25) is 0 Å². The molecule has 3 heteroatoms. The predicted octanol–water partition coefficient (Wildman–Crippen LogP) is 4.83. The van der Waals surface area contributed by atoms with Gasteiger partial charge in [-0.05, 0) is 32.1 Å². The van der Waals surface area contributed by atoms with Crippen LogP contribution >= 0.6 is 0 Å². The number of ether oxygens (including phenoxy) is 2. The average Bonchev–Trinajstić information content (AvgIpc) is 2.32. The van der Waals surface area contributed by atoms with Crippen molar-refractivity contribution in [1.29, 1.82) is 0 Å². The summed E-state index contributed by atoms with van der Waals surface area (Å²) in [4.78, 5) is 11.5. The van der Waals surface area contributed by atoms with Crippen LogP contribution < -0.4 is 0 Å². The molecule has 3 nitrogen and oxygen atoms in total. The van der Waals surface area contributed by atoms with Crippen molar-refractivity contribution < 1.29 is 14.3 Å². The van der Waals surface area contributed by atoms with Crippen molar-refractivity contribution in [1.82, 2.24) is 0 Å². The van der Waals surface area contributed by atoms with Crippen molar-refractivity contribution in [2.45, 2.75) is 83.7 Å². The predicted molar refractivity (Wildman–Crippen MR) is 72.7 cm³/mol. The Labute approximate surface area is 111 Å². The first-order valence-corrected chi connectivity index (χ1v) is 7.66. The molecule has 0 aromatic carbocycles. The van der Waals surface area contributed by atoms with Gasteiger partial charge >= 0.3 is 6.16 Å². The molecule has 0 amide bonds. The Bertz CT molecular complexity index is 208. The van der Waals surface area contributed by atoms with Crippen LogP contribution in [0, 0.1) is 0 Å². The molecule has 0 atom stereocenters. The molecule has 1 fully saturated rings. The first-order valence-electron chi connectivity index (χ1n) is 7.66. The highest BCUT2D eigenvalue weighted by atomic mass is 16.7. The Kier molecular flexibility index (Phi) is 8.70. The molecule has 0 spiro atoms. The van der Waals surface area contributed by atoms with Crippen molar-refractivity contribution in [2.24, 2.45) is 0 Å². The van der Waals surface area contributed by atoms with E-state index in [1.807, 2.05) is 0 Å². The SMILES string of the molecule is CCCCCCOC(=O)OC1CCCCCCC1. The van der Waals surface area contributed by atoms with Gasteiger partial charge in [0, 0.05) is 0 Å². The van der Waals surface area contributed by atoms with Crippen molar-refractivity contribution in [3.05, 3.63) is 0 Å². The minimum absolute atomic E-state index is 0.0911. The lowest BCUT2D eigenvalue weighted by Gasteiger charge is -2.19. The summed E-state index contributed by atoms with van der Waals surface area (Å²) in [5.74, 6) is 0. The average molecular weight is 256 g/mol. The van der Waals surface area contributed by atoms with Crippen molar-refractivity contribution in [3.8, 4) is 0 Å². The van der Waals surface area contributed by atoms with Crippen LogP contribution in [-0.2, 0) is 9.47 Å². The maximum Gasteiger partial charge on any atom is 0.508 e. The van der Waals surface area contributed by atoms with Gasteiger partial charge in [-0.15, -0.1) is 0 Å². The highest BCUT2D eigenvalue weighted by molar-refractivity contribution is 5.60. The summed E-state index contributed by atoms with van der Waals surface area (Å²) in [5.41, 5.74) is 0. The second kappa shape index (κ2) is 10.2. The quantitative estimate of drug-likeness (QED) is 0.504. The van der Waals surface area contributed by atoms with Crippen molar-refractivity contribution in [2.75, 3.05) is 6.61 Å². The lowest BCUT2D eigenvalue weighted by molar-refractivity contribution is 0.0142. The van der Waals surface area contributed by atoms with Crippen LogP contribution in [0.3, 0.4) is 0 Å². The minimum Gasteiger partial charge on any atom is -0.434 e. The third-order valence-electron chi connectivity index (χ3n) is 3.53. The third-order valence-corrected chi connectivity index (χ3v) is 3.53.